The van der Waals surface area contributed by atoms with Gasteiger partial charge in [0.25, 0.3) is 0 Å². The molecular weight excluding hydrogens is 184 g/mol. The van der Waals surface area contributed by atoms with E-state index in [2.05, 4.69) is 31.4 Å². The van der Waals surface area contributed by atoms with Crippen LogP contribution in [0.25, 0.3) is 0 Å². The summed E-state index contributed by atoms with van der Waals surface area (Å²) in [5, 5.41) is 7.27. The molecule has 1 atom stereocenters. The Bertz CT molecular complexity index is 151. The zero-order valence-electron chi connectivity index (χ0n) is 10.7. The topological polar surface area (TPSA) is 24.1 Å². The molecule has 0 aliphatic carbocycles. The van der Waals surface area contributed by atoms with E-state index in [0.29, 0.717) is 6.17 Å². The molecule has 1 heterocycles. The molecule has 2 heteroatoms. The Morgan fingerprint density at radius 2 is 1.80 bits per heavy atom. The third-order valence-electron chi connectivity index (χ3n) is 3.55. The highest BCUT2D eigenvalue weighted by molar-refractivity contribution is 4.80. The third-order valence-corrected chi connectivity index (χ3v) is 3.55. The Morgan fingerprint density at radius 1 is 1.13 bits per heavy atom. The Labute approximate surface area is 95.2 Å². The molecule has 1 rings (SSSR count). The molecule has 1 aliphatic rings. The van der Waals surface area contributed by atoms with Gasteiger partial charge >= 0.3 is 0 Å². The second-order valence-corrected chi connectivity index (χ2v) is 5.06. The van der Waals surface area contributed by atoms with Crippen molar-refractivity contribution in [1.82, 2.24) is 10.6 Å². The number of rotatable bonds is 6. The number of nitrogens with one attached hydrogen (secondary N) is 2. The average molecular weight is 212 g/mol. The van der Waals surface area contributed by atoms with Gasteiger partial charge in [-0.3, -0.25) is 0 Å². The summed E-state index contributed by atoms with van der Waals surface area (Å²) in [6.45, 7) is 9.26. The van der Waals surface area contributed by atoms with Gasteiger partial charge in [-0.2, -0.15) is 0 Å². The number of unbranched alkanes of at least 4 members (excludes halogenated alkanes) is 2. The van der Waals surface area contributed by atoms with Gasteiger partial charge in [-0.25, -0.2) is 0 Å². The summed E-state index contributed by atoms with van der Waals surface area (Å²) in [7, 11) is 0. The molecule has 90 valence electrons. The standard InChI is InChI=1S/C13H28N2/c1-4-6-7-8-12(5-2)13-14-9-11(3)10-15-13/h11-15H,4-10H2,1-3H3. The SMILES string of the molecule is CCCCCC(CC)C1NCC(C)CN1. The molecule has 0 aromatic rings. The van der Waals surface area contributed by atoms with Crippen LogP contribution in [0.15, 0.2) is 0 Å². The van der Waals surface area contributed by atoms with Crippen LogP contribution >= 0.6 is 0 Å². The molecule has 0 aromatic heterocycles. The minimum atomic E-state index is 0.572. The summed E-state index contributed by atoms with van der Waals surface area (Å²) in [6.07, 6.45) is 7.36. The summed E-state index contributed by atoms with van der Waals surface area (Å²) in [5.41, 5.74) is 0. The lowest BCUT2D eigenvalue weighted by Crippen LogP contribution is -2.55. The molecule has 1 unspecified atom stereocenters. The second kappa shape index (κ2) is 7.24. The van der Waals surface area contributed by atoms with Crippen molar-refractivity contribution in [2.75, 3.05) is 13.1 Å². The molecule has 0 aromatic carbocycles. The van der Waals surface area contributed by atoms with Crippen LogP contribution < -0.4 is 10.6 Å². The van der Waals surface area contributed by atoms with E-state index in [-0.39, 0.29) is 0 Å². The van der Waals surface area contributed by atoms with Crippen molar-refractivity contribution in [1.29, 1.82) is 0 Å². The van der Waals surface area contributed by atoms with Gasteiger partial charge in [0.15, 0.2) is 0 Å². The quantitative estimate of drug-likeness (QED) is 0.662. The first-order valence-electron chi connectivity index (χ1n) is 6.74. The highest BCUT2D eigenvalue weighted by Gasteiger charge is 2.23. The van der Waals surface area contributed by atoms with Crippen LogP contribution in [-0.4, -0.2) is 19.3 Å². The largest absolute Gasteiger partial charge is 0.301 e. The Kier molecular flexibility index (Phi) is 6.26. The zero-order valence-corrected chi connectivity index (χ0v) is 10.7. The fourth-order valence-corrected chi connectivity index (χ4v) is 2.40. The molecular formula is C13H28N2. The van der Waals surface area contributed by atoms with E-state index in [0.717, 1.165) is 11.8 Å². The van der Waals surface area contributed by atoms with E-state index in [4.69, 9.17) is 0 Å². The molecule has 1 saturated heterocycles. The lowest BCUT2D eigenvalue weighted by Gasteiger charge is -2.34. The van der Waals surface area contributed by atoms with E-state index in [1.807, 2.05) is 0 Å². The van der Waals surface area contributed by atoms with Gasteiger partial charge in [0.2, 0.25) is 0 Å². The van der Waals surface area contributed by atoms with Crippen LogP contribution in [0.3, 0.4) is 0 Å². The third kappa shape index (κ3) is 4.52. The van der Waals surface area contributed by atoms with Crippen LogP contribution in [0, 0.1) is 11.8 Å². The van der Waals surface area contributed by atoms with E-state index < -0.39 is 0 Å². The fraction of sp³-hybridized carbons (Fsp3) is 1.00. The fourth-order valence-electron chi connectivity index (χ4n) is 2.40. The molecule has 0 radical (unpaired) electrons. The molecule has 2 N–H and O–H groups in total. The molecule has 0 amide bonds. The first-order valence-corrected chi connectivity index (χ1v) is 6.74. The monoisotopic (exact) mass is 212 g/mol. The van der Waals surface area contributed by atoms with Gasteiger partial charge in [0, 0.05) is 13.1 Å². The summed E-state index contributed by atoms with van der Waals surface area (Å²) in [6, 6.07) is 0. The van der Waals surface area contributed by atoms with Crippen molar-refractivity contribution in [2.24, 2.45) is 11.8 Å². The normalized spacial score (nSPS) is 29.0. The first-order chi connectivity index (χ1) is 7.27. The number of hydrogen-bond acceptors (Lipinski definition) is 2. The molecule has 0 bridgehead atoms. The van der Waals surface area contributed by atoms with Gasteiger partial charge in [-0.15, -0.1) is 0 Å². The van der Waals surface area contributed by atoms with Gasteiger partial charge < -0.3 is 10.6 Å². The maximum absolute atomic E-state index is 3.64. The average Bonchev–Trinajstić information content (AvgIpc) is 2.26. The van der Waals surface area contributed by atoms with Crippen LogP contribution in [0.1, 0.15) is 52.9 Å². The Balaban J connectivity index is 2.24. The van der Waals surface area contributed by atoms with Crippen LogP contribution in [0.5, 0.6) is 0 Å². The van der Waals surface area contributed by atoms with E-state index in [1.165, 1.54) is 45.2 Å². The van der Waals surface area contributed by atoms with E-state index >= 15 is 0 Å². The summed E-state index contributed by atoms with van der Waals surface area (Å²) >= 11 is 0. The summed E-state index contributed by atoms with van der Waals surface area (Å²) in [5.74, 6) is 1.61. The van der Waals surface area contributed by atoms with Crippen molar-refractivity contribution in [3.63, 3.8) is 0 Å². The van der Waals surface area contributed by atoms with Crippen LogP contribution in [-0.2, 0) is 0 Å². The minimum Gasteiger partial charge on any atom is -0.301 e. The van der Waals surface area contributed by atoms with Gasteiger partial charge in [0.1, 0.15) is 0 Å². The van der Waals surface area contributed by atoms with Crippen LogP contribution in [0.2, 0.25) is 0 Å². The predicted octanol–water partition coefficient (Wildman–Crippen LogP) is 2.75. The maximum Gasteiger partial charge on any atom is 0.0600 e. The van der Waals surface area contributed by atoms with E-state index in [9.17, 15) is 0 Å². The zero-order chi connectivity index (χ0) is 11.1. The Morgan fingerprint density at radius 3 is 2.33 bits per heavy atom. The predicted molar refractivity (Wildman–Crippen MR) is 66.9 cm³/mol. The summed E-state index contributed by atoms with van der Waals surface area (Å²) in [4.78, 5) is 0. The number of hydrogen-bond donors (Lipinski definition) is 2. The van der Waals surface area contributed by atoms with Crippen molar-refractivity contribution >= 4 is 0 Å². The van der Waals surface area contributed by atoms with E-state index in [1.54, 1.807) is 0 Å². The first kappa shape index (κ1) is 13.0. The lowest BCUT2D eigenvalue weighted by molar-refractivity contribution is 0.217. The smallest absolute Gasteiger partial charge is 0.0600 e. The second-order valence-electron chi connectivity index (χ2n) is 5.06. The molecule has 0 spiro atoms. The molecule has 0 saturated carbocycles. The van der Waals surface area contributed by atoms with Crippen molar-refractivity contribution < 1.29 is 0 Å². The highest BCUT2D eigenvalue weighted by Crippen LogP contribution is 2.18. The van der Waals surface area contributed by atoms with Gasteiger partial charge in [-0.05, 0) is 18.3 Å². The lowest BCUT2D eigenvalue weighted by atomic mass is 9.93. The van der Waals surface area contributed by atoms with Crippen molar-refractivity contribution in [3.8, 4) is 0 Å². The van der Waals surface area contributed by atoms with Crippen molar-refractivity contribution in [3.05, 3.63) is 0 Å². The minimum absolute atomic E-state index is 0.572. The molecule has 15 heavy (non-hydrogen) atoms. The summed E-state index contributed by atoms with van der Waals surface area (Å²) < 4.78 is 0. The Hall–Kier alpha value is -0.0800. The molecule has 2 nitrogen and oxygen atoms in total. The maximum atomic E-state index is 3.64. The highest BCUT2D eigenvalue weighted by atomic mass is 15.2. The van der Waals surface area contributed by atoms with Crippen LogP contribution in [0.4, 0.5) is 0 Å². The van der Waals surface area contributed by atoms with Gasteiger partial charge in [-0.1, -0.05) is 46.5 Å². The molecule has 1 fully saturated rings. The molecule has 1 aliphatic heterocycles. The van der Waals surface area contributed by atoms with Gasteiger partial charge in [0.05, 0.1) is 6.17 Å². The van der Waals surface area contributed by atoms with Crippen molar-refractivity contribution in [2.45, 2.75) is 59.0 Å².